The lowest BCUT2D eigenvalue weighted by Crippen LogP contribution is -2.11. The van der Waals surface area contributed by atoms with Gasteiger partial charge in [-0.15, -0.1) is 11.3 Å². The highest BCUT2D eigenvalue weighted by Crippen LogP contribution is 2.43. The van der Waals surface area contributed by atoms with E-state index in [0.717, 1.165) is 40.9 Å². The molecule has 1 aromatic carbocycles. The molecule has 3 nitrogen and oxygen atoms in total. The smallest absolute Gasteiger partial charge is 0.256 e. The van der Waals surface area contributed by atoms with E-state index in [9.17, 15) is 4.79 Å². The van der Waals surface area contributed by atoms with E-state index in [2.05, 4.69) is 10.7 Å². The van der Waals surface area contributed by atoms with E-state index in [1.54, 1.807) is 23.5 Å². The van der Waals surface area contributed by atoms with Gasteiger partial charge >= 0.3 is 0 Å². The van der Waals surface area contributed by atoms with Crippen LogP contribution in [0.5, 0.6) is 0 Å². The van der Waals surface area contributed by atoms with Gasteiger partial charge in [-0.1, -0.05) is 18.2 Å². The van der Waals surface area contributed by atoms with Crippen molar-refractivity contribution >= 4 is 34.0 Å². The van der Waals surface area contributed by atoms with Gasteiger partial charge in [0.1, 0.15) is 10.4 Å². The number of hydrogen-bond acceptors (Lipinski definition) is 4. The fourth-order valence-corrected chi connectivity index (χ4v) is 4.62. The zero-order chi connectivity index (χ0) is 14.7. The lowest BCUT2D eigenvalue weighted by Gasteiger charge is -2.10. The molecule has 21 heavy (non-hydrogen) atoms. The summed E-state index contributed by atoms with van der Waals surface area (Å²) in [6, 6.07) is 9.16. The van der Waals surface area contributed by atoms with Crippen molar-refractivity contribution in [3.05, 3.63) is 46.3 Å². The number of carbonyl (C=O) groups excluding carboxylic acids is 1. The third-order valence-corrected chi connectivity index (χ3v) is 5.62. The molecular formula is C16H14N2OS2. The number of rotatable bonds is 3. The first kappa shape index (κ1) is 14.2. The van der Waals surface area contributed by atoms with Gasteiger partial charge in [0.15, 0.2) is 0 Å². The standard InChI is InChI=1S/C16H14N2OS2/c17-10-20-14-12-8-4-5-9-13(12)21-16(14)18-15(19)11-6-2-1-3-7-11/h1-3,6-7H,4-5,8-9H2,(H,18,19). The molecule has 1 aromatic heterocycles. The molecule has 0 bridgehead atoms. The van der Waals surface area contributed by atoms with Gasteiger partial charge in [0.2, 0.25) is 0 Å². The molecule has 0 unspecified atom stereocenters. The Bertz CT molecular complexity index is 701. The second-order valence-corrected chi connectivity index (χ2v) is 6.78. The Morgan fingerprint density at radius 3 is 2.76 bits per heavy atom. The van der Waals surface area contributed by atoms with Crippen LogP contribution in [0.2, 0.25) is 0 Å². The average molecular weight is 314 g/mol. The van der Waals surface area contributed by atoms with Gasteiger partial charge in [0.05, 0.1) is 4.90 Å². The molecule has 0 saturated carbocycles. The number of fused-ring (bicyclic) bond motifs is 1. The molecule has 0 aliphatic heterocycles. The van der Waals surface area contributed by atoms with Gasteiger partial charge < -0.3 is 5.32 Å². The maximum atomic E-state index is 12.3. The maximum absolute atomic E-state index is 12.3. The number of benzene rings is 1. The molecule has 106 valence electrons. The van der Waals surface area contributed by atoms with E-state index < -0.39 is 0 Å². The minimum Gasteiger partial charge on any atom is -0.313 e. The van der Waals surface area contributed by atoms with Gasteiger partial charge in [0.25, 0.3) is 5.91 Å². The monoisotopic (exact) mass is 314 g/mol. The van der Waals surface area contributed by atoms with Crippen LogP contribution in [0.15, 0.2) is 35.2 Å². The van der Waals surface area contributed by atoms with E-state index in [-0.39, 0.29) is 5.91 Å². The molecule has 0 fully saturated rings. The summed E-state index contributed by atoms with van der Waals surface area (Å²) >= 11 is 2.78. The predicted molar refractivity (Wildman–Crippen MR) is 86.8 cm³/mol. The van der Waals surface area contributed by atoms with Crippen LogP contribution in [0, 0.1) is 10.7 Å². The fourth-order valence-electron chi connectivity index (χ4n) is 2.54. The lowest BCUT2D eigenvalue weighted by atomic mass is 9.99. The van der Waals surface area contributed by atoms with Crippen LogP contribution in [0.3, 0.4) is 0 Å². The highest BCUT2D eigenvalue weighted by Gasteiger charge is 2.22. The molecule has 1 heterocycles. The molecule has 2 aromatic rings. The van der Waals surface area contributed by atoms with Crippen molar-refractivity contribution in [1.29, 1.82) is 5.26 Å². The number of aryl methyl sites for hydroxylation is 1. The van der Waals surface area contributed by atoms with Crippen molar-refractivity contribution in [2.75, 3.05) is 5.32 Å². The molecular weight excluding hydrogens is 300 g/mol. The van der Waals surface area contributed by atoms with Gasteiger partial charge in [-0.2, -0.15) is 5.26 Å². The lowest BCUT2D eigenvalue weighted by molar-refractivity contribution is 0.102. The molecule has 1 aliphatic rings. The molecule has 1 N–H and O–H groups in total. The predicted octanol–water partition coefficient (Wildman–Crippen LogP) is 4.45. The van der Waals surface area contributed by atoms with Crippen molar-refractivity contribution in [1.82, 2.24) is 0 Å². The van der Waals surface area contributed by atoms with Gasteiger partial charge in [-0.3, -0.25) is 4.79 Å². The minimum atomic E-state index is -0.117. The van der Waals surface area contributed by atoms with Crippen molar-refractivity contribution in [2.45, 2.75) is 30.6 Å². The number of amides is 1. The normalized spacial score (nSPS) is 13.3. The third-order valence-electron chi connectivity index (χ3n) is 3.53. The summed E-state index contributed by atoms with van der Waals surface area (Å²) in [4.78, 5) is 14.6. The highest BCUT2D eigenvalue weighted by atomic mass is 32.2. The van der Waals surface area contributed by atoms with E-state index in [1.165, 1.54) is 16.9 Å². The first-order chi connectivity index (χ1) is 10.3. The fraction of sp³-hybridized carbons (Fsp3) is 0.250. The van der Waals surface area contributed by atoms with Crippen molar-refractivity contribution in [3.63, 3.8) is 0 Å². The quantitative estimate of drug-likeness (QED) is 0.672. The van der Waals surface area contributed by atoms with Crippen LogP contribution in [0.1, 0.15) is 33.6 Å². The third kappa shape index (κ3) is 2.97. The average Bonchev–Trinajstić information content (AvgIpc) is 2.86. The molecule has 5 heteroatoms. The van der Waals surface area contributed by atoms with E-state index >= 15 is 0 Å². The number of hydrogen-bond donors (Lipinski definition) is 1. The largest absolute Gasteiger partial charge is 0.313 e. The Labute approximate surface area is 132 Å². The van der Waals surface area contributed by atoms with Crippen LogP contribution < -0.4 is 5.32 Å². The maximum Gasteiger partial charge on any atom is 0.256 e. The number of thioether (sulfide) groups is 1. The Kier molecular flexibility index (Phi) is 4.28. The molecule has 0 saturated heterocycles. The Morgan fingerprint density at radius 1 is 1.24 bits per heavy atom. The number of nitriles is 1. The second-order valence-electron chi connectivity index (χ2n) is 4.88. The van der Waals surface area contributed by atoms with E-state index in [1.807, 2.05) is 18.2 Å². The zero-order valence-corrected chi connectivity index (χ0v) is 13.0. The summed E-state index contributed by atoms with van der Waals surface area (Å²) in [6.07, 6.45) is 4.42. The minimum absolute atomic E-state index is 0.117. The SMILES string of the molecule is N#CSc1c(NC(=O)c2ccccc2)sc2c1CCCC2. The molecule has 1 amide bonds. The van der Waals surface area contributed by atoms with Crippen molar-refractivity contribution < 1.29 is 4.79 Å². The molecule has 3 rings (SSSR count). The van der Waals surface area contributed by atoms with Gasteiger partial charge in [-0.05, 0) is 55.1 Å². The number of anilines is 1. The highest BCUT2D eigenvalue weighted by molar-refractivity contribution is 8.04. The summed E-state index contributed by atoms with van der Waals surface area (Å²) in [5.41, 5.74) is 1.90. The zero-order valence-electron chi connectivity index (χ0n) is 11.4. The number of thiocyanates is 1. The van der Waals surface area contributed by atoms with Crippen molar-refractivity contribution in [3.8, 4) is 5.40 Å². The van der Waals surface area contributed by atoms with Crippen LogP contribution in [0.25, 0.3) is 0 Å². The van der Waals surface area contributed by atoms with Crippen LogP contribution in [0.4, 0.5) is 5.00 Å². The number of carbonyl (C=O) groups is 1. The van der Waals surface area contributed by atoms with Gasteiger partial charge in [0, 0.05) is 10.4 Å². The Hall–Kier alpha value is -1.77. The first-order valence-corrected chi connectivity index (χ1v) is 8.50. The number of nitrogens with zero attached hydrogens (tertiary/aromatic N) is 1. The van der Waals surface area contributed by atoms with Gasteiger partial charge in [-0.25, -0.2) is 0 Å². The molecule has 1 aliphatic carbocycles. The first-order valence-electron chi connectivity index (χ1n) is 6.86. The topological polar surface area (TPSA) is 52.9 Å². The van der Waals surface area contributed by atoms with Crippen molar-refractivity contribution in [2.24, 2.45) is 0 Å². The summed E-state index contributed by atoms with van der Waals surface area (Å²) in [5, 5.41) is 15.0. The summed E-state index contributed by atoms with van der Waals surface area (Å²) < 4.78 is 0. The second kappa shape index (κ2) is 6.33. The molecule has 0 spiro atoms. The number of thiophene rings is 1. The summed E-state index contributed by atoms with van der Waals surface area (Å²) in [5.74, 6) is -0.117. The Balaban J connectivity index is 1.90. The molecule has 0 atom stereocenters. The van der Waals surface area contributed by atoms with Crippen LogP contribution >= 0.6 is 23.1 Å². The van der Waals surface area contributed by atoms with E-state index in [4.69, 9.17) is 5.26 Å². The molecule has 0 radical (unpaired) electrons. The summed E-state index contributed by atoms with van der Waals surface area (Å²) in [6.45, 7) is 0. The van der Waals surface area contributed by atoms with Crippen LogP contribution in [-0.4, -0.2) is 5.91 Å². The van der Waals surface area contributed by atoms with E-state index in [0.29, 0.717) is 5.56 Å². The number of nitrogens with one attached hydrogen (secondary N) is 1. The summed E-state index contributed by atoms with van der Waals surface area (Å²) in [7, 11) is 0. The Morgan fingerprint density at radius 2 is 2.00 bits per heavy atom. The van der Waals surface area contributed by atoms with Crippen LogP contribution in [-0.2, 0) is 12.8 Å².